The summed E-state index contributed by atoms with van der Waals surface area (Å²) in [5.41, 5.74) is 4.93. The van der Waals surface area contributed by atoms with Crippen LogP contribution >= 0.6 is 11.6 Å². The number of benzene rings is 3. The van der Waals surface area contributed by atoms with E-state index in [1.54, 1.807) is 36.5 Å². The summed E-state index contributed by atoms with van der Waals surface area (Å²) in [6.45, 7) is 1.50. The molecule has 3 N–H and O–H groups in total. The highest BCUT2D eigenvalue weighted by atomic mass is 35.5. The van der Waals surface area contributed by atoms with E-state index in [0.717, 1.165) is 16.7 Å². The summed E-state index contributed by atoms with van der Waals surface area (Å²) in [6.07, 6.45) is 2.92. The zero-order chi connectivity index (χ0) is 30.5. The Balaban J connectivity index is 1.43. The number of nitriles is 1. The van der Waals surface area contributed by atoms with Gasteiger partial charge in [-0.15, -0.1) is 0 Å². The molecule has 0 saturated carbocycles. The van der Waals surface area contributed by atoms with Gasteiger partial charge < -0.3 is 19.7 Å². The molecule has 1 heterocycles. The maximum atomic E-state index is 14.6. The second kappa shape index (κ2) is 13.2. The van der Waals surface area contributed by atoms with Crippen LogP contribution in [0.2, 0.25) is 5.02 Å². The van der Waals surface area contributed by atoms with E-state index in [1.807, 2.05) is 30.3 Å². The number of aromatic nitrogens is 1. The van der Waals surface area contributed by atoms with Gasteiger partial charge in [-0.25, -0.2) is 4.39 Å². The van der Waals surface area contributed by atoms with Crippen LogP contribution in [0.15, 0.2) is 73.1 Å². The third-order valence-corrected chi connectivity index (χ3v) is 7.64. The number of nitrogens with one attached hydrogen (secondary N) is 1. The Hall–Kier alpha value is -4.49. The lowest BCUT2D eigenvalue weighted by Crippen LogP contribution is -2.44. The van der Waals surface area contributed by atoms with Crippen LogP contribution in [0.5, 0.6) is 11.5 Å². The molecule has 4 aromatic rings. The summed E-state index contributed by atoms with van der Waals surface area (Å²) < 4.78 is 27.2. The third-order valence-electron chi connectivity index (χ3n) is 7.34. The first kappa shape index (κ1) is 30.0. The largest absolute Gasteiger partial charge is 0.488 e. The monoisotopic (exact) mass is 601 g/mol. The molecule has 220 valence electrons. The van der Waals surface area contributed by atoms with E-state index in [4.69, 9.17) is 21.1 Å². The predicted octanol–water partition coefficient (Wildman–Crippen LogP) is 5.98. The molecule has 1 unspecified atom stereocenters. The zero-order valence-electron chi connectivity index (χ0n) is 23.3. The SMILES string of the molecule is C[C@@H](O)C(NCc1cc(Cl)c(O[C@H]2CCc3c(-c4ccccc4F)cccc32)cc1OCc1cncc(C#N)c1)C(=O)O. The van der Waals surface area contributed by atoms with Crippen molar-refractivity contribution in [3.8, 4) is 28.7 Å². The molecule has 3 atom stereocenters. The Morgan fingerprint density at radius 2 is 1.95 bits per heavy atom. The first-order chi connectivity index (χ1) is 20.7. The average molecular weight is 602 g/mol. The molecular formula is C33H29ClFN3O5. The summed E-state index contributed by atoms with van der Waals surface area (Å²) in [6, 6.07) is 18.2. The average Bonchev–Trinajstić information content (AvgIpc) is 3.40. The molecule has 3 aromatic carbocycles. The topological polar surface area (TPSA) is 125 Å². The van der Waals surface area contributed by atoms with Crippen molar-refractivity contribution >= 4 is 17.6 Å². The van der Waals surface area contributed by atoms with Gasteiger partial charge in [0.15, 0.2) is 0 Å². The molecule has 1 aliphatic carbocycles. The number of aliphatic hydroxyl groups excluding tert-OH is 1. The van der Waals surface area contributed by atoms with Gasteiger partial charge in [0.2, 0.25) is 0 Å². The van der Waals surface area contributed by atoms with Gasteiger partial charge >= 0.3 is 5.97 Å². The number of hydrogen-bond donors (Lipinski definition) is 3. The van der Waals surface area contributed by atoms with Crippen LogP contribution in [-0.2, 0) is 24.4 Å². The summed E-state index contributed by atoms with van der Waals surface area (Å²) in [7, 11) is 0. The highest BCUT2D eigenvalue weighted by molar-refractivity contribution is 6.32. The van der Waals surface area contributed by atoms with E-state index in [1.165, 1.54) is 19.2 Å². The van der Waals surface area contributed by atoms with Crippen molar-refractivity contribution in [3.05, 3.63) is 112 Å². The Morgan fingerprint density at radius 1 is 1.16 bits per heavy atom. The number of carboxylic acids is 1. The fraction of sp³-hybridized carbons (Fsp3) is 0.242. The zero-order valence-corrected chi connectivity index (χ0v) is 24.0. The van der Waals surface area contributed by atoms with Gasteiger partial charge in [-0.05, 0) is 54.7 Å². The van der Waals surface area contributed by atoms with Crippen molar-refractivity contribution in [3.63, 3.8) is 0 Å². The van der Waals surface area contributed by atoms with Gasteiger partial charge in [-0.1, -0.05) is 48.0 Å². The van der Waals surface area contributed by atoms with E-state index < -0.39 is 18.1 Å². The van der Waals surface area contributed by atoms with Crippen LogP contribution in [0.3, 0.4) is 0 Å². The van der Waals surface area contributed by atoms with Gasteiger partial charge in [0.1, 0.15) is 42.1 Å². The van der Waals surface area contributed by atoms with Gasteiger partial charge in [0.25, 0.3) is 0 Å². The summed E-state index contributed by atoms with van der Waals surface area (Å²) in [5.74, 6) is -0.741. The number of nitrogens with zero attached hydrogens (tertiary/aromatic N) is 2. The number of halogens is 2. The van der Waals surface area contributed by atoms with E-state index in [2.05, 4.69) is 10.3 Å². The Kier molecular flexibility index (Phi) is 9.22. The van der Waals surface area contributed by atoms with E-state index >= 15 is 0 Å². The minimum atomic E-state index is -1.21. The molecule has 10 heteroatoms. The molecule has 0 spiro atoms. The maximum absolute atomic E-state index is 14.6. The normalized spacial score (nSPS) is 15.3. The number of carboxylic acid groups (broad SMARTS) is 1. The van der Waals surface area contributed by atoms with E-state index in [-0.39, 0.29) is 25.1 Å². The number of pyridine rings is 1. The number of hydrogen-bond acceptors (Lipinski definition) is 7. The fourth-order valence-corrected chi connectivity index (χ4v) is 5.47. The Labute approximate surface area is 253 Å². The quantitative estimate of drug-likeness (QED) is 0.192. The van der Waals surface area contributed by atoms with Crippen LogP contribution in [0.25, 0.3) is 11.1 Å². The van der Waals surface area contributed by atoms with Crippen LogP contribution in [0.4, 0.5) is 4.39 Å². The predicted molar refractivity (Wildman–Crippen MR) is 158 cm³/mol. The fourth-order valence-electron chi connectivity index (χ4n) is 5.24. The molecule has 5 rings (SSSR count). The number of ether oxygens (including phenoxy) is 2. The number of rotatable bonds is 11. The van der Waals surface area contributed by atoms with Crippen LogP contribution in [-0.4, -0.2) is 33.3 Å². The second-order valence-corrected chi connectivity index (χ2v) is 10.7. The van der Waals surface area contributed by atoms with E-state index in [9.17, 15) is 24.7 Å². The van der Waals surface area contributed by atoms with Crippen molar-refractivity contribution in [2.24, 2.45) is 0 Å². The smallest absolute Gasteiger partial charge is 0.323 e. The number of aliphatic carboxylic acids is 1. The summed E-state index contributed by atoms with van der Waals surface area (Å²) in [4.78, 5) is 15.7. The molecule has 1 aromatic heterocycles. The summed E-state index contributed by atoms with van der Waals surface area (Å²) >= 11 is 6.68. The molecule has 1 aliphatic rings. The van der Waals surface area contributed by atoms with Gasteiger partial charge in [-0.3, -0.25) is 15.1 Å². The molecule has 43 heavy (non-hydrogen) atoms. The van der Waals surface area contributed by atoms with Crippen LogP contribution in [0, 0.1) is 17.1 Å². The Morgan fingerprint density at radius 3 is 2.70 bits per heavy atom. The standard InChI is InChI=1S/C33H29ClFN3O5/c1-19(39)32(33(40)41)38-17-22-12-27(34)31(13-30(22)42-18-21-11-20(14-36)15-37-16-21)43-29-10-9-24-23(6-4-7-26(24)29)25-5-2-3-8-28(25)35/h2-8,11-13,15-16,19,29,32,38-39H,9-10,17-18H2,1H3,(H,40,41)/t19-,29+,32?/m1/s1. The number of fused-ring (bicyclic) bond motifs is 1. The highest BCUT2D eigenvalue weighted by Crippen LogP contribution is 2.43. The van der Waals surface area contributed by atoms with Crippen molar-refractivity contribution in [1.82, 2.24) is 10.3 Å². The van der Waals surface area contributed by atoms with Gasteiger partial charge in [-0.2, -0.15) is 5.26 Å². The molecule has 0 bridgehead atoms. The molecular weight excluding hydrogens is 573 g/mol. The van der Waals surface area contributed by atoms with Gasteiger partial charge in [0.05, 0.1) is 16.7 Å². The highest BCUT2D eigenvalue weighted by Gasteiger charge is 2.29. The molecule has 8 nitrogen and oxygen atoms in total. The minimum absolute atomic E-state index is 0.0337. The molecule has 0 aliphatic heterocycles. The molecule has 0 radical (unpaired) electrons. The lowest BCUT2D eigenvalue weighted by molar-refractivity contribution is -0.142. The first-order valence-electron chi connectivity index (χ1n) is 13.7. The van der Waals surface area contributed by atoms with Crippen molar-refractivity contribution in [1.29, 1.82) is 5.26 Å². The number of aliphatic hydroxyl groups is 1. The van der Waals surface area contributed by atoms with E-state index in [0.29, 0.717) is 51.6 Å². The molecule has 0 saturated heterocycles. The molecule has 0 fully saturated rings. The minimum Gasteiger partial charge on any atom is -0.488 e. The summed E-state index contributed by atoms with van der Waals surface area (Å²) in [5, 5.41) is 31.7. The maximum Gasteiger partial charge on any atom is 0.323 e. The lowest BCUT2D eigenvalue weighted by atomic mass is 9.96. The van der Waals surface area contributed by atoms with Crippen molar-refractivity contribution in [2.45, 2.75) is 51.2 Å². The number of carbonyl (C=O) groups is 1. The van der Waals surface area contributed by atoms with Gasteiger partial charge in [0, 0.05) is 41.7 Å². The first-order valence-corrected chi connectivity index (χ1v) is 14.1. The second-order valence-electron chi connectivity index (χ2n) is 10.3. The Bertz CT molecular complexity index is 1690. The van der Waals surface area contributed by atoms with Crippen LogP contribution in [0.1, 0.15) is 47.3 Å². The van der Waals surface area contributed by atoms with Crippen molar-refractivity contribution < 1.29 is 28.9 Å². The lowest BCUT2D eigenvalue weighted by Gasteiger charge is -2.21. The van der Waals surface area contributed by atoms with Crippen LogP contribution < -0.4 is 14.8 Å². The van der Waals surface area contributed by atoms with Crippen molar-refractivity contribution in [2.75, 3.05) is 0 Å². The molecule has 0 amide bonds. The third kappa shape index (κ3) is 6.78.